The molecule has 0 unspecified atom stereocenters. The van der Waals surface area contributed by atoms with Crippen LogP contribution in [0.2, 0.25) is 5.02 Å². The Labute approximate surface area is 91.3 Å². The number of rotatable bonds is 2. The van der Waals surface area contributed by atoms with E-state index in [9.17, 15) is 4.79 Å². The predicted molar refractivity (Wildman–Crippen MR) is 58.2 cm³/mol. The highest BCUT2D eigenvalue weighted by Gasteiger charge is 2.06. The van der Waals surface area contributed by atoms with Crippen molar-refractivity contribution in [1.82, 2.24) is 4.98 Å². The Morgan fingerprint density at radius 3 is 2.33 bits per heavy atom. The van der Waals surface area contributed by atoms with Crippen molar-refractivity contribution in [3.63, 3.8) is 0 Å². The first-order valence-corrected chi connectivity index (χ1v) is 4.73. The Morgan fingerprint density at radius 1 is 1.13 bits per heavy atom. The van der Waals surface area contributed by atoms with Crippen molar-refractivity contribution < 1.29 is 9.90 Å². The number of nitrogens with one attached hydrogen (secondary N) is 1. The molecule has 0 saturated carbocycles. The van der Waals surface area contributed by atoms with E-state index < -0.39 is 5.97 Å². The number of benzene rings is 1. The molecule has 0 radical (unpaired) electrons. The van der Waals surface area contributed by atoms with Crippen LogP contribution in [0.1, 0.15) is 10.5 Å². The molecule has 0 atom stereocenters. The summed E-state index contributed by atoms with van der Waals surface area (Å²) < 4.78 is 0. The fourth-order valence-electron chi connectivity index (χ4n) is 1.32. The van der Waals surface area contributed by atoms with Gasteiger partial charge in [0.15, 0.2) is 0 Å². The SMILES string of the molecule is O=C(O)c1ccc(-c2ccc(Cl)cc2)[nH]1. The minimum absolute atomic E-state index is 0.181. The van der Waals surface area contributed by atoms with Crippen LogP contribution in [0.25, 0.3) is 11.3 Å². The van der Waals surface area contributed by atoms with E-state index in [1.54, 1.807) is 18.2 Å². The van der Waals surface area contributed by atoms with Crippen LogP contribution in [-0.2, 0) is 0 Å². The number of carboxylic acids is 1. The van der Waals surface area contributed by atoms with E-state index in [0.29, 0.717) is 5.02 Å². The topological polar surface area (TPSA) is 53.1 Å². The number of aromatic nitrogens is 1. The van der Waals surface area contributed by atoms with Gasteiger partial charge in [-0.2, -0.15) is 0 Å². The van der Waals surface area contributed by atoms with E-state index in [4.69, 9.17) is 16.7 Å². The third kappa shape index (κ3) is 2.02. The first kappa shape index (κ1) is 9.80. The number of carboxylic acid groups (broad SMARTS) is 1. The van der Waals surface area contributed by atoms with Crippen molar-refractivity contribution in [2.24, 2.45) is 0 Å². The molecule has 0 bridgehead atoms. The van der Waals surface area contributed by atoms with Crippen LogP contribution in [0.5, 0.6) is 0 Å². The zero-order valence-corrected chi connectivity index (χ0v) is 8.45. The van der Waals surface area contributed by atoms with Crippen LogP contribution < -0.4 is 0 Å². The summed E-state index contributed by atoms with van der Waals surface area (Å²) >= 11 is 5.75. The third-order valence-corrected chi connectivity index (χ3v) is 2.32. The molecule has 0 aliphatic carbocycles. The van der Waals surface area contributed by atoms with Crippen molar-refractivity contribution in [3.8, 4) is 11.3 Å². The van der Waals surface area contributed by atoms with Gasteiger partial charge in [0, 0.05) is 10.7 Å². The Morgan fingerprint density at radius 2 is 1.80 bits per heavy atom. The molecule has 3 nitrogen and oxygen atoms in total. The molecule has 1 aromatic heterocycles. The quantitative estimate of drug-likeness (QED) is 0.819. The number of aromatic amines is 1. The van der Waals surface area contributed by atoms with Gasteiger partial charge in [0.05, 0.1) is 0 Å². The molecule has 0 aliphatic heterocycles. The Hall–Kier alpha value is -1.74. The van der Waals surface area contributed by atoms with E-state index >= 15 is 0 Å². The average Bonchev–Trinajstić information content (AvgIpc) is 2.68. The Bertz CT molecular complexity index is 488. The molecule has 2 rings (SSSR count). The molecule has 1 aromatic carbocycles. The lowest BCUT2D eigenvalue weighted by Gasteiger charge is -1.97. The summed E-state index contributed by atoms with van der Waals surface area (Å²) in [5.41, 5.74) is 1.86. The molecule has 1 heterocycles. The number of hydrogen-bond donors (Lipinski definition) is 2. The van der Waals surface area contributed by atoms with E-state index in [0.717, 1.165) is 11.3 Å². The lowest BCUT2D eigenvalue weighted by Crippen LogP contribution is -1.95. The maximum Gasteiger partial charge on any atom is 0.352 e. The molecule has 2 aromatic rings. The lowest BCUT2D eigenvalue weighted by molar-refractivity contribution is 0.0691. The fraction of sp³-hybridized carbons (Fsp3) is 0. The van der Waals surface area contributed by atoms with Crippen molar-refractivity contribution in [2.75, 3.05) is 0 Å². The summed E-state index contributed by atoms with van der Waals surface area (Å²) in [4.78, 5) is 13.5. The van der Waals surface area contributed by atoms with Gasteiger partial charge in [0.1, 0.15) is 5.69 Å². The second kappa shape index (κ2) is 3.79. The fourth-order valence-corrected chi connectivity index (χ4v) is 1.44. The summed E-state index contributed by atoms with van der Waals surface area (Å²) in [6.45, 7) is 0. The predicted octanol–water partition coefficient (Wildman–Crippen LogP) is 3.03. The lowest BCUT2D eigenvalue weighted by atomic mass is 10.2. The molecule has 0 saturated heterocycles. The van der Waals surface area contributed by atoms with Gasteiger partial charge in [-0.3, -0.25) is 0 Å². The van der Waals surface area contributed by atoms with Crippen molar-refractivity contribution in [1.29, 1.82) is 0 Å². The number of halogens is 1. The van der Waals surface area contributed by atoms with Gasteiger partial charge in [-0.05, 0) is 29.8 Å². The average molecular weight is 222 g/mol. The van der Waals surface area contributed by atoms with Gasteiger partial charge in [-0.25, -0.2) is 4.79 Å². The van der Waals surface area contributed by atoms with E-state index in [1.165, 1.54) is 6.07 Å². The van der Waals surface area contributed by atoms with Crippen LogP contribution in [0.15, 0.2) is 36.4 Å². The molecule has 0 fully saturated rings. The number of carbonyl (C=O) groups is 1. The molecule has 4 heteroatoms. The maximum atomic E-state index is 10.6. The first-order chi connectivity index (χ1) is 7.16. The molecule has 0 aliphatic rings. The monoisotopic (exact) mass is 221 g/mol. The first-order valence-electron chi connectivity index (χ1n) is 4.35. The zero-order chi connectivity index (χ0) is 10.8. The largest absolute Gasteiger partial charge is 0.477 e. The van der Waals surface area contributed by atoms with Crippen molar-refractivity contribution in [2.45, 2.75) is 0 Å². The summed E-state index contributed by atoms with van der Waals surface area (Å²) in [7, 11) is 0. The van der Waals surface area contributed by atoms with Gasteiger partial charge in [-0.1, -0.05) is 23.7 Å². The van der Waals surface area contributed by atoms with Crippen LogP contribution >= 0.6 is 11.6 Å². The third-order valence-electron chi connectivity index (χ3n) is 2.07. The molecule has 15 heavy (non-hydrogen) atoms. The number of H-pyrrole nitrogens is 1. The van der Waals surface area contributed by atoms with Crippen LogP contribution in [-0.4, -0.2) is 16.1 Å². The summed E-state index contributed by atoms with van der Waals surface area (Å²) in [5, 5.41) is 9.39. The molecule has 76 valence electrons. The van der Waals surface area contributed by atoms with Crippen LogP contribution in [0.3, 0.4) is 0 Å². The van der Waals surface area contributed by atoms with E-state index in [-0.39, 0.29) is 5.69 Å². The second-order valence-electron chi connectivity index (χ2n) is 3.10. The minimum Gasteiger partial charge on any atom is -0.477 e. The van der Waals surface area contributed by atoms with Gasteiger partial charge in [0.25, 0.3) is 0 Å². The zero-order valence-electron chi connectivity index (χ0n) is 7.70. The highest BCUT2D eigenvalue weighted by molar-refractivity contribution is 6.30. The molecule has 0 amide bonds. The van der Waals surface area contributed by atoms with Crippen LogP contribution in [0, 0.1) is 0 Å². The molecular formula is C11H8ClNO2. The van der Waals surface area contributed by atoms with Gasteiger partial charge >= 0.3 is 5.97 Å². The van der Waals surface area contributed by atoms with E-state index in [1.807, 2.05) is 12.1 Å². The highest BCUT2D eigenvalue weighted by Crippen LogP contribution is 2.20. The maximum absolute atomic E-state index is 10.6. The summed E-state index contributed by atoms with van der Waals surface area (Å²) in [6.07, 6.45) is 0. The van der Waals surface area contributed by atoms with Crippen LogP contribution in [0.4, 0.5) is 0 Å². The smallest absolute Gasteiger partial charge is 0.352 e. The number of aromatic carboxylic acids is 1. The highest BCUT2D eigenvalue weighted by atomic mass is 35.5. The Balaban J connectivity index is 2.37. The molecule has 2 N–H and O–H groups in total. The summed E-state index contributed by atoms with van der Waals surface area (Å²) in [5.74, 6) is -0.963. The van der Waals surface area contributed by atoms with Gasteiger partial charge < -0.3 is 10.1 Å². The normalized spacial score (nSPS) is 10.2. The van der Waals surface area contributed by atoms with Crippen molar-refractivity contribution in [3.05, 3.63) is 47.1 Å². The van der Waals surface area contributed by atoms with Gasteiger partial charge in [-0.15, -0.1) is 0 Å². The second-order valence-corrected chi connectivity index (χ2v) is 3.53. The summed E-state index contributed by atoms with van der Waals surface area (Å²) in [6, 6.07) is 10.5. The Kier molecular flexibility index (Phi) is 2.47. The molecular weight excluding hydrogens is 214 g/mol. The van der Waals surface area contributed by atoms with Crippen molar-refractivity contribution >= 4 is 17.6 Å². The van der Waals surface area contributed by atoms with E-state index in [2.05, 4.69) is 4.98 Å². The minimum atomic E-state index is -0.963. The number of hydrogen-bond acceptors (Lipinski definition) is 1. The molecule has 0 spiro atoms. The standard InChI is InChI=1S/C11H8ClNO2/c12-8-3-1-7(2-4-8)9-5-6-10(13-9)11(14)15/h1-6,13H,(H,14,15). The van der Waals surface area contributed by atoms with Gasteiger partial charge in [0.2, 0.25) is 0 Å².